The Morgan fingerprint density at radius 3 is 2.72 bits per heavy atom. The zero-order valence-corrected chi connectivity index (χ0v) is 15.0. The number of carbonyl (C=O) groups excluding carboxylic acids is 1. The first kappa shape index (κ1) is 17.4. The maximum Gasteiger partial charge on any atom is 0.274 e. The molecule has 1 amide bonds. The van der Waals surface area contributed by atoms with E-state index in [2.05, 4.69) is 29.1 Å². The number of aryl methyl sites for hydroxylation is 1. The van der Waals surface area contributed by atoms with Crippen molar-refractivity contribution in [2.24, 2.45) is 0 Å². The number of nitrogens with one attached hydrogen (secondary N) is 1. The number of carbonyl (C=O) groups is 1. The molecule has 0 spiro atoms. The molecule has 0 saturated carbocycles. The van der Waals surface area contributed by atoms with Crippen molar-refractivity contribution in [3.8, 4) is 0 Å². The van der Waals surface area contributed by atoms with Gasteiger partial charge in [-0.2, -0.15) is 0 Å². The van der Waals surface area contributed by atoms with Gasteiger partial charge in [-0.15, -0.1) is 0 Å². The molecule has 1 N–H and O–H groups in total. The van der Waals surface area contributed by atoms with Gasteiger partial charge in [0.15, 0.2) is 0 Å². The number of rotatable bonds is 4. The lowest BCUT2D eigenvalue weighted by Crippen LogP contribution is -2.37. The van der Waals surface area contributed by atoms with Gasteiger partial charge in [0.05, 0.1) is 13.2 Å². The number of amides is 1. The van der Waals surface area contributed by atoms with E-state index in [0.29, 0.717) is 30.8 Å². The zero-order chi connectivity index (χ0) is 17.8. The first-order valence-electron chi connectivity index (χ1n) is 8.63. The molecule has 0 radical (unpaired) electrons. The second-order valence-corrected chi connectivity index (χ2v) is 6.49. The van der Waals surface area contributed by atoms with Gasteiger partial charge in [-0.25, -0.2) is 9.97 Å². The molecular formula is C19H24N4O2. The normalized spacial score (nSPS) is 14.6. The zero-order valence-electron chi connectivity index (χ0n) is 15.0. The molecule has 132 valence electrons. The van der Waals surface area contributed by atoms with E-state index in [4.69, 9.17) is 4.74 Å². The van der Waals surface area contributed by atoms with Crippen LogP contribution in [0.5, 0.6) is 0 Å². The van der Waals surface area contributed by atoms with Crippen molar-refractivity contribution >= 4 is 17.5 Å². The van der Waals surface area contributed by atoms with Gasteiger partial charge in [-0.3, -0.25) is 4.79 Å². The summed E-state index contributed by atoms with van der Waals surface area (Å²) in [6.45, 7) is 9.01. The van der Waals surface area contributed by atoms with Crippen LogP contribution in [0.15, 0.2) is 30.5 Å². The molecular weight excluding hydrogens is 316 g/mol. The van der Waals surface area contributed by atoms with Gasteiger partial charge < -0.3 is 15.0 Å². The standard InChI is InChI=1S/C19H24N4O2/c1-13(2)15-6-4-5-14(3)17(15)22-18(24)16-7-8-20-19(21-16)23-9-11-25-12-10-23/h4-8,13H,9-12H2,1-3H3,(H,22,24). The smallest absolute Gasteiger partial charge is 0.274 e. The Labute approximate surface area is 148 Å². The number of benzene rings is 1. The minimum absolute atomic E-state index is 0.215. The molecule has 6 nitrogen and oxygen atoms in total. The third kappa shape index (κ3) is 3.96. The molecule has 0 unspecified atom stereocenters. The van der Waals surface area contributed by atoms with Crippen LogP contribution in [0.1, 0.15) is 41.4 Å². The SMILES string of the molecule is Cc1cccc(C(C)C)c1NC(=O)c1ccnc(N2CCOCC2)n1. The third-order valence-electron chi connectivity index (χ3n) is 4.33. The second kappa shape index (κ2) is 7.61. The van der Waals surface area contributed by atoms with Crippen molar-refractivity contribution in [3.63, 3.8) is 0 Å². The van der Waals surface area contributed by atoms with Gasteiger partial charge in [0.2, 0.25) is 5.95 Å². The highest BCUT2D eigenvalue weighted by Crippen LogP contribution is 2.27. The minimum atomic E-state index is -0.215. The van der Waals surface area contributed by atoms with Crippen LogP contribution >= 0.6 is 0 Å². The lowest BCUT2D eigenvalue weighted by molar-refractivity contribution is 0.102. The van der Waals surface area contributed by atoms with E-state index in [1.807, 2.05) is 30.0 Å². The van der Waals surface area contributed by atoms with Crippen LogP contribution in [0.25, 0.3) is 0 Å². The van der Waals surface area contributed by atoms with Gasteiger partial charge in [0.1, 0.15) is 5.69 Å². The molecule has 1 aliphatic heterocycles. The van der Waals surface area contributed by atoms with E-state index in [1.165, 1.54) is 0 Å². The summed E-state index contributed by atoms with van der Waals surface area (Å²) in [6, 6.07) is 7.71. The fraction of sp³-hybridized carbons (Fsp3) is 0.421. The fourth-order valence-electron chi connectivity index (χ4n) is 2.91. The van der Waals surface area contributed by atoms with Gasteiger partial charge in [-0.05, 0) is 30.0 Å². The molecule has 1 aliphatic rings. The van der Waals surface area contributed by atoms with Crippen molar-refractivity contribution in [1.29, 1.82) is 0 Å². The monoisotopic (exact) mass is 340 g/mol. The van der Waals surface area contributed by atoms with Gasteiger partial charge in [0, 0.05) is 25.0 Å². The summed E-state index contributed by atoms with van der Waals surface area (Å²) in [7, 11) is 0. The summed E-state index contributed by atoms with van der Waals surface area (Å²) in [5.74, 6) is 0.683. The van der Waals surface area contributed by atoms with Crippen molar-refractivity contribution in [1.82, 2.24) is 9.97 Å². The summed E-state index contributed by atoms with van der Waals surface area (Å²) in [5, 5.41) is 3.03. The van der Waals surface area contributed by atoms with Crippen LogP contribution in [-0.2, 0) is 4.74 Å². The van der Waals surface area contributed by atoms with E-state index < -0.39 is 0 Å². The number of anilines is 2. The molecule has 1 aromatic carbocycles. The molecule has 6 heteroatoms. The third-order valence-corrected chi connectivity index (χ3v) is 4.33. The summed E-state index contributed by atoms with van der Waals surface area (Å²) in [4.78, 5) is 23.5. The number of para-hydroxylation sites is 1. The Balaban J connectivity index is 1.82. The highest BCUT2D eigenvalue weighted by molar-refractivity contribution is 6.03. The maximum atomic E-state index is 12.7. The highest BCUT2D eigenvalue weighted by atomic mass is 16.5. The Hall–Kier alpha value is -2.47. The van der Waals surface area contributed by atoms with Gasteiger partial charge >= 0.3 is 0 Å². The molecule has 3 rings (SSSR count). The van der Waals surface area contributed by atoms with Gasteiger partial charge in [-0.1, -0.05) is 32.0 Å². The lowest BCUT2D eigenvalue weighted by Gasteiger charge is -2.26. The molecule has 1 aromatic heterocycles. The molecule has 1 saturated heterocycles. The number of morpholine rings is 1. The highest BCUT2D eigenvalue weighted by Gasteiger charge is 2.18. The number of hydrogen-bond donors (Lipinski definition) is 1. The lowest BCUT2D eigenvalue weighted by atomic mass is 9.98. The van der Waals surface area contributed by atoms with E-state index in [9.17, 15) is 4.79 Å². The number of ether oxygens (including phenoxy) is 1. The van der Waals surface area contributed by atoms with E-state index in [1.54, 1.807) is 12.3 Å². The summed E-state index contributed by atoms with van der Waals surface area (Å²) < 4.78 is 5.35. The predicted octanol–water partition coefficient (Wildman–Crippen LogP) is 3.00. The first-order chi connectivity index (χ1) is 12.1. The van der Waals surface area contributed by atoms with Crippen LogP contribution in [0, 0.1) is 6.92 Å². The van der Waals surface area contributed by atoms with Crippen LogP contribution in [0.2, 0.25) is 0 Å². The van der Waals surface area contributed by atoms with Crippen LogP contribution in [0.3, 0.4) is 0 Å². The number of aromatic nitrogens is 2. The summed E-state index contributed by atoms with van der Waals surface area (Å²) in [6.07, 6.45) is 1.63. The Morgan fingerprint density at radius 1 is 1.24 bits per heavy atom. The van der Waals surface area contributed by atoms with Crippen molar-refractivity contribution in [2.75, 3.05) is 36.5 Å². The Kier molecular flexibility index (Phi) is 5.28. The number of nitrogens with zero attached hydrogens (tertiary/aromatic N) is 3. The molecule has 0 atom stereocenters. The van der Waals surface area contributed by atoms with Crippen LogP contribution < -0.4 is 10.2 Å². The molecule has 1 fully saturated rings. The average molecular weight is 340 g/mol. The van der Waals surface area contributed by atoms with Crippen molar-refractivity contribution in [2.45, 2.75) is 26.7 Å². The Morgan fingerprint density at radius 2 is 2.00 bits per heavy atom. The Bertz CT molecular complexity index is 755. The minimum Gasteiger partial charge on any atom is -0.378 e. The molecule has 2 aromatic rings. The van der Waals surface area contributed by atoms with Gasteiger partial charge in [0.25, 0.3) is 5.91 Å². The first-order valence-corrected chi connectivity index (χ1v) is 8.63. The average Bonchev–Trinajstić information content (AvgIpc) is 2.64. The quantitative estimate of drug-likeness (QED) is 0.927. The van der Waals surface area contributed by atoms with Crippen molar-refractivity contribution in [3.05, 3.63) is 47.3 Å². The second-order valence-electron chi connectivity index (χ2n) is 6.49. The molecule has 0 aliphatic carbocycles. The van der Waals surface area contributed by atoms with Crippen molar-refractivity contribution < 1.29 is 9.53 Å². The summed E-state index contributed by atoms with van der Waals surface area (Å²) >= 11 is 0. The molecule has 25 heavy (non-hydrogen) atoms. The molecule has 2 heterocycles. The van der Waals surface area contributed by atoms with E-state index in [-0.39, 0.29) is 5.91 Å². The fourth-order valence-corrected chi connectivity index (χ4v) is 2.91. The summed E-state index contributed by atoms with van der Waals surface area (Å²) in [5.41, 5.74) is 3.40. The largest absolute Gasteiger partial charge is 0.378 e. The predicted molar refractivity (Wildman–Crippen MR) is 98.3 cm³/mol. The topological polar surface area (TPSA) is 67.4 Å². The molecule has 0 bridgehead atoms. The number of hydrogen-bond acceptors (Lipinski definition) is 5. The maximum absolute atomic E-state index is 12.7. The van der Waals surface area contributed by atoms with Crippen LogP contribution in [-0.4, -0.2) is 42.2 Å². The van der Waals surface area contributed by atoms with E-state index >= 15 is 0 Å². The van der Waals surface area contributed by atoms with Crippen LogP contribution in [0.4, 0.5) is 11.6 Å². The van der Waals surface area contributed by atoms with E-state index in [0.717, 1.165) is 29.9 Å².